The molecule has 4 atom stereocenters. The van der Waals surface area contributed by atoms with Crippen LogP contribution in [0.3, 0.4) is 0 Å². The van der Waals surface area contributed by atoms with Crippen LogP contribution in [0.1, 0.15) is 106 Å². The van der Waals surface area contributed by atoms with Crippen LogP contribution in [0.25, 0.3) is 0 Å². The number of nitrogens with one attached hydrogen (secondary N) is 4. The number of anilines is 1. The fraction of sp³-hybridized carbons (Fsp3) is 0.519. The lowest BCUT2D eigenvalue weighted by atomic mass is 9.88. The average molecular weight is 1040 g/mol. The third-order valence-corrected chi connectivity index (χ3v) is 15.2. The predicted molar refractivity (Wildman–Crippen MR) is 279 cm³/mol. The van der Waals surface area contributed by atoms with E-state index in [0.29, 0.717) is 109 Å². The van der Waals surface area contributed by atoms with Gasteiger partial charge in [0.15, 0.2) is 0 Å². The molecule has 0 spiro atoms. The van der Waals surface area contributed by atoms with Crippen molar-refractivity contribution >= 4 is 41.2 Å². The van der Waals surface area contributed by atoms with Gasteiger partial charge in [0.2, 0.25) is 11.8 Å². The summed E-state index contributed by atoms with van der Waals surface area (Å²) in [5, 5.41) is 22.1. The first-order chi connectivity index (χ1) is 36.2. The van der Waals surface area contributed by atoms with Crippen molar-refractivity contribution in [2.24, 2.45) is 5.92 Å². The third-order valence-electron chi connectivity index (χ3n) is 13.9. The van der Waals surface area contributed by atoms with Crippen molar-refractivity contribution in [3.63, 3.8) is 0 Å². The number of unbranched alkanes of at least 4 members (excludes halogenated alkanes) is 2. The number of hydrazine groups is 2. The molecule has 3 aliphatic heterocycles. The Hall–Kier alpha value is -5.39. The van der Waals surface area contributed by atoms with Crippen molar-refractivity contribution in [2.45, 2.75) is 88.9 Å². The SMILES string of the molecule is O=C(CCC(=O)N1Cc2ccccc2C2NNNC2c2ccccc21)NCCCCCSCC1CC2OCCN(Cc3cccc(C(=O)O)n3)CCOCCOCCN(Cc3cccc(C(=O)O)n3)CCOC2C1. The van der Waals surface area contributed by atoms with Crippen molar-refractivity contribution in [3.8, 4) is 0 Å². The Kier molecular flexibility index (Phi) is 21.1. The zero-order valence-corrected chi connectivity index (χ0v) is 42.9. The number of carbonyl (C=O) groups is 4. The van der Waals surface area contributed by atoms with Gasteiger partial charge in [-0.25, -0.2) is 30.4 Å². The first-order valence-corrected chi connectivity index (χ1v) is 27.1. The summed E-state index contributed by atoms with van der Waals surface area (Å²) < 4.78 is 25.2. The van der Waals surface area contributed by atoms with Crippen LogP contribution in [0.15, 0.2) is 84.9 Å². The van der Waals surface area contributed by atoms with Gasteiger partial charge < -0.3 is 39.4 Å². The van der Waals surface area contributed by atoms with Crippen LogP contribution in [0.2, 0.25) is 0 Å². The molecule has 2 saturated heterocycles. The molecule has 2 aromatic heterocycles. The van der Waals surface area contributed by atoms with Gasteiger partial charge in [0, 0.05) is 64.3 Å². The number of pyridine rings is 2. The van der Waals surface area contributed by atoms with Crippen LogP contribution in [-0.2, 0) is 48.2 Å². The number of hydrogen-bond acceptors (Lipinski definition) is 16. The molecule has 4 unspecified atom stereocenters. The molecule has 19 nitrogen and oxygen atoms in total. The van der Waals surface area contributed by atoms with E-state index in [1.807, 2.05) is 59.1 Å². The molecule has 0 radical (unpaired) electrons. The van der Waals surface area contributed by atoms with Crippen LogP contribution >= 0.6 is 11.8 Å². The molecule has 6 N–H and O–H groups in total. The van der Waals surface area contributed by atoms with E-state index in [1.165, 1.54) is 12.1 Å². The van der Waals surface area contributed by atoms with Crippen molar-refractivity contribution in [3.05, 3.63) is 124 Å². The minimum Gasteiger partial charge on any atom is -0.477 e. The molecular formula is C54H71N9O10S. The minimum absolute atomic E-state index is 0.000897. The van der Waals surface area contributed by atoms with Gasteiger partial charge in [-0.1, -0.05) is 61.0 Å². The molecular weight excluding hydrogens is 967 g/mol. The Bertz CT molecular complexity index is 2390. The first kappa shape index (κ1) is 54.9. The normalized spacial score (nSPS) is 22.4. The summed E-state index contributed by atoms with van der Waals surface area (Å²) in [6.07, 6.45) is 4.62. The number of carbonyl (C=O) groups excluding carboxylic acids is 2. The molecule has 2 aromatic carbocycles. The Labute approximate surface area is 437 Å². The quantitative estimate of drug-likeness (QED) is 0.0752. The molecule has 20 heteroatoms. The Balaban J connectivity index is 0.785. The largest absolute Gasteiger partial charge is 0.477 e. The zero-order chi connectivity index (χ0) is 51.5. The van der Waals surface area contributed by atoms with Crippen LogP contribution in [0.4, 0.5) is 5.69 Å². The number of carboxylic acid groups (broad SMARTS) is 2. The third kappa shape index (κ3) is 16.1. The van der Waals surface area contributed by atoms with Crippen molar-refractivity contribution in [1.82, 2.24) is 41.5 Å². The van der Waals surface area contributed by atoms with E-state index in [4.69, 9.17) is 18.9 Å². The maximum Gasteiger partial charge on any atom is 0.354 e. The molecule has 0 bridgehead atoms. The number of rotatable bonds is 17. The van der Waals surface area contributed by atoms with Gasteiger partial charge in [-0.3, -0.25) is 19.4 Å². The summed E-state index contributed by atoms with van der Waals surface area (Å²) in [4.78, 5) is 65.0. The maximum absolute atomic E-state index is 13.8. The zero-order valence-electron chi connectivity index (χ0n) is 42.0. The topological polar surface area (TPSA) is 229 Å². The van der Waals surface area contributed by atoms with Crippen molar-refractivity contribution in [1.29, 1.82) is 0 Å². The monoisotopic (exact) mass is 1040 g/mol. The molecule has 1 saturated carbocycles. The smallest absolute Gasteiger partial charge is 0.354 e. The summed E-state index contributed by atoms with van der Waals surface area (Å²) in [5.74, 6) is 0.0461. The maximum atomic E-state index is 13.8. The van der Waals surface area contributed by atoms with Crippen LogP contribution in [0, 0.1) is 5.92 Å². The Morgan fingerprint density at radius 1 is 0.649 bits per heavy atom. The highest BCUT2D eigenvalue weighted by Gasteiger charge is 2.38. The van der Waals surface area contributed by atoms with Gasteiger partial charge >= 0.3 is 11.9 Å². The fourth-order valence-corrected chi connectivity index (χ4v) is 11.2. The molecule has 5 heterocycles. The molecule has 398 valence electrons. The summed E-state index contributed by atoms with van der Waals surface area (Å²) in [5.41, 5.74) is 15.1. The van der Waals surface area contributed by atoms with Crippen molar-refractivity contribution in [2.75, 3.05) is 88.8 Å². The summed E-state index contributed by atoms with van der Waals surface area (Å²) >= 11 is 1.94. The van der Waals surface area contributed by atoms with E-state index in [-0.39, 0.29) is 60.3 Å². The highest BCUT2D eigenvalue weighted by molar-refractivity contribution is 7.99. The number of carboxylic acids is 2. The molecule has 2 amide bonds. The van der Waals surface area contributed by atoms with E-state index in [1.54, 1.807) is 12.1 Å². The number of aromatic carboxylic acids is 2. The minimum atomic E-state index is -1.07. The highest BCUT2D eigenvalue weighted by atomic mass is 32.2. The number of amides is 2. The van der Waals surface area contributed by atoms with E-state index in [0.717, 1.165) is 66.0 Å². The lowest BCUT2D eigenvalue weighted by molar-refractivity contribution is -0.125. The molecule has 74 heavy (non-hydrogen) atoms. The highest BCUT2D eigenvalue weighted by Crippen LogP contribution is 2.41. The molecule has 3 fully saturated rings. The molecule has 4 aliphatic rings. The van der Waals surface area contributed by atoms with E-state index in [2.05, 4.69) is 59.7 Å². The number of hydrogen-bond donors (Lipinski definition) is 6. The van der Waals surface area contributed by atoms with Gasteiger partial charge in [-0.05, 0) is 90.1 Å². The van der Waals surface area contributed by atoms with Gasteiger partial charge in [0.05, 0.1) is 81.9 Å². The van der Waals surface area contributed by atoms with E-state index < -0.39 is 11.9 Å². The van der Waals surface area contributed by atoms with Crippen LogP contribution in [0.5, 0.6) is 0 Å². The number of nitrogens with zero attached hydrogens (tertiary/aromatic N) is 5. The number of ether oxygens (including phenoxy) is 4. The van der Waals surface area contributed by atoms with Gasteiger partial charge in [-0.2, -0.15) is 17.3 Å². The summed E-state index contributed by atoms with van der Waals surface area (Å²) in [6, 6.07) is 26.1. The van der Waals surface area contributed by atoms with Gasteiger partial charge in [0.1, 0.15) is 11.4 Å². The van der Waals surface area contributed by atoms with Crippen LogP contribution < -0.4 is 26.6 Å². The number of aromatic nitrogens is 2. The number of benzene rings is 2. The Morgan fingerprint density at radius 3 is 1.86 bits per heavy atom. The average Bonchev–Trinajstić information content (AvgIpc) is 4.05. The lowest BCUT2D eigenvalue weighted by Gasteiger charge is -2.33. The second-order valence-electron chi connectivity index (χ2n) is 19.2. The summed E-state index contributed by atoms with van der Waals surface area (Å²) in [7, 11) is 0. The second kappa shape index (κ2) is 28.5. The van der Waals surface area contributed by atoms with E-state index in [9.17, 15) is 29.4 Å². The lowest BCUT2D eigenvalue weighted by Crippen LogP contribution is -2.36. The summed E-state index contributed by atoms with van der Waals surface area (Å²) in [6.45, 7) is 6.89. The number of thioether (sulfide) groups is 1. The molecule has 1 aliphatic carbocycles. The molecule has 8 rings (SSSR count). The van der Waals surface area contributed by atoms with Crippen LogP contribution in [-0.4, -0.2) is 150 Å². The Morgan fingerprint density at radius 2 is 1.23 bits per heavy atom. The number of fused-ring (bicyclic) bond motifs is 6. The standard InChI is InChI=1S/C54H71N9O10S/c64-49(18-19-50(65)63-34-39-10-2-3-13-42(39)51-52(59-60-58-51)43-14-4-5-17-46(43)63)55-20-6-1-7-31-74-37-38-32-47-48(33-38)73-28-24-62(36-41-12-9-16-45(57-41)54(68)69)22-26-71-30-29-70-25-21-61(23-27-72-47)35-40-11-8-15-44(56-40)53(66)67/h2-5,8-17,38,47-48,51-52,58-60H,1,6-7,18-37H2,(H,55,64)(H,66,67)(H,68,69). The molecule has 4 aromatic rings. The van der Waals surface area contributed by atoms with Crippen molar-refractivity contribution < 1.29 is 48.3 Å². The van der Waals surface area contributed by atoms with Gasteiger partial charge in [0.25, 0.3) is 0 Å². The fourth-order valence-electron chi connectivity index (χ4n) is 10.1. The number of para-hydroxylation sites is 1. The first-order valence-electron chi connectivity index (χ1n) is 26.0. The van der Waals surface area contributed by atoms with Gasteiger partial charge in [-0.15, -0.1) is 0 Å². The second-order valence-corrected chi connectivity index (χ2v) is 20.3. The van der Waals surface area contributed by atoms with E-state index >= 15 is 0 Å². The predicted octanol–water partition coefficient (Wildman–Crippen LogP) is 5.15.